The molecule has 1 fully saturated rings. The lowest BCUT2D eigenvalue weighted by atomic mass is 10.1. The Morgan fingerprint density at radius 2 is 1.63 bits per heavy atom. The topological polar surface area (TPSA) is 88.1 Å². The number of carbonyl (C=O) groups excluding carboxylic acids is 2. The first-order chi connectivity index (χ1) is 18.3. The van der Waals surface area contributed by atoms with Crippen LogP contribution in [0.5, 0.6) is 11.5 Å². The molecule has 200 valence electrons. The van der Waals surface area contributed by atoms with Crippen LogP contribution in [0.4, 0.5) is 5.82 Å². The van der Waals surface area contributed by atoms with Crippen LogP contribution in [-0.4, -0.2) is 84.8 Å². The third-order valence-corrected chi connectivity index (χ3v) is 6.85. The van der Waals surface area contributed by atoms with E-state index in [9.17, 15) is 9.59 Å². The number of aromatic nitrogens is 2. The Kier molecular flexibility index (Phi) is 8.45. The smallest absolute Gasteiger partial charge is 0.254 e. The maximum absolute atomic E-state index is 13.2. The number of hydrogen-bond donors (Lipinski definition) is 0. The lowest BCUT2D eigenvalue weighted by Crippen LogP contribution is -2.53. The first kappa shape index (κ1) is 26.9. The van der Waals surface area contributed by atoms with Gasteiger partial charge in [0.2, 0.25) is 5.91 Å². The molecule has 0 aliphatic carbocycles. The number of hydrogen-bond acceptors (Lipinski definition) is 7. The number of aryl methyl sites for hydroxylation is 1. The predicted molar refractivity (Wildman–Crippen MR) is 147 cm³/mol. The number of benzene rings is 2. The molecule has 0 N–H and O–H groups in total. The van der Waals surface area contributed by atoms with E-state index in [-0.39, 0.29) is 24.4 Å². The van der Waals surface area contributed by atoms with Crippen molar-refractivity contribution in [2.75, 3.05) is 51.8 Å². The van der Waals surface area contributed by atoms with E-state index in [2.05, 4.69) is 15.1 Å². The Bertz CT molecular complexity index is 1270. The normalized spacial score (nSPS) is 13.4. The first-order valence-corrected chi connectivity index (χ1v) is 12.8. The van der Waals surface area contributed by atoms with Crippen molar-refractivity contribution < 1.29 is 19.1 Å². The molecule has 0 bridgehead atoms. The molecule has 0 spiro atoms. The summed E-state index contributed by atoms with van der Waals surface area (Å²) in [5.41, 5.74) is 3.15. The van der Waals surface area contributed by atoms with Crippen LogP contribution in [0.2, 0.25) is 0 Å². The van der Waals surface area contributed by atoms with Gasteiger partial charge in [-0.2, -0.15) is 0 Å². The highest BCUT2D eigenvalue weighted by molar-refractivity contribution is 5.98. The standard InChI is InChI=1S/C29H35N5O4/c1-20(2)34(29(36)23-9-7-6-8-21(23)3)19-28(35)33-16-14-32(15-17-33)27-13-11-24(30-31-27)22-10-12-25(37-4)26(18-22)38-5/h6-13,18,20H,14-17,19H2,1-5H3. The highest BCUT2D eigenvalue weighted by atomic mass is 16.5. The molecule has 0 atom stereocenters. The number of nitrogens with zero attached hydrogens (tertiary/aromatic N) is 5. The SMILES string of the molecule is COc1ccc(-c2ccc(N3CCN(C(=O)CN(C(=O)c4ccccc4C)C(C)C)CC3)nn2)cc1OC. The monoisotopic (exact) mass is 517 g/mol. The summed E-state index contributed by atoms with van der Waals surface area (Å²) < 4.78 is 10.7. The fraction of sp³-hybridized carbons (Fsp3) is 0.379. The van der Waals surface area contributed by atoms with E-state index in [0.717, 1.165) is 22.6 Å². The zero-order chi connectivity index (χ0) is 27.2. The highest BCUT2D eigenvalue weighted by Crippen LogP contribution is 2.31. The minimum absolute atomic E-state index is 0.0461. The van der Waals surface area contributed by atoms with Crippen LogP contribution in [0.1, 0.15) is 29.8 Å². The summed E-state index contributed by atoms with van der Waals surface area (Å²) in [5.74, 6) is 1.89. The highest BCUT2D eigenvalue weighted by Gasteiger charge is 2.27. The second-order valence-electron chi connectivity index (χ2n) is 9.56. The van der Waals surface area contributed by atoms with Gasteiger partial charge in [0.15, 0.2) is 17.3 Å². The second-order valence-corrected chi connectivity index (χ2v) is 9.56. The zero-order valence-corrected chi connectivity index (χ0v) is 22.7. The zero-order valence-electron chi connectivity index (χ0n) is 22.7. The molecule has 0 unspecified atom stereocenters. The number of piperazine rings is 1. The lowest BCUT2D eigenvalue weighted by Gasteiger charge is -2.37. The van der Waals surface area contributed by atoms with Crippen LogP contribution in [0.3, 0.4) is 0 Å². The molecule has 0 radical (unpaired) electrons. The summed E-state index contributed by atoms with van der Waals surface area (Å²) in [4.78, 5) is 31.9. The number of carbonyl (C=O) groups is 2. The molecule has 2 amide bonds. The van der Waals surface area contributed by atoms with Crippen LogP contribution in [0, 0.1) is 6.92 Å². The molecule has 0 saturated carbocycles. The van der Waals surface area contributed by atoms with Gasteiger partial charge in [-0.25, -0.2) is 0 Å². The Morgan fingerprint density at radius 3 is 2.24 bits per heavy atom. The maximum atomic E-state index is 13.2. The van der Waals surface area contributed by atoms with Crippen molar-refractivity contribution in [2.45, 2.75) is 26.8 Å². The molecule has 38 heavy (non-hydrogen) atoms. The van der Waals surface area contributed by atoms with Crippen molar-refractivity contribution in [2.24, 2.45) is 0 Å². The lowest BCUT2D eigenvalue weighted by molar-refractivity contribution is -0.132. The van der Waals surface area contributed by atoms with Gasteiger partial charge in [-0.3, -0.25) is 9.59 Å². The third kappa shape index (κ3) is 5.88. The van der Waals surface area contributed by atoms with Gasteiger partial charge in [0.25, 0.3) is 5.91 Å². The average molecular weight is 518 g/mol. The summed E-state index contributed by atoms with van der Waals surface area (Å²) in [6.07, 6.45) is 0. The van der Waals surface area contributed by atoms with E-state index in [4.69, 9.17) is 9.47 Å². The number of anilines is 1. The van der Waals surface area contributed by atoms with E-state index in [1.54, 1.807) is 19.1 Å². The average Bonchev–Trinajstić information content (AvgIpc) is 2.95. The minimum Gasteiger partial charge on any atom is -0.493 e. The van der Waals surface area contributed by atoms with Gasteiger partial charge in [0.05, 0.1) is 19.9 Å². The molecular weight excluding hydrogens is 482 g/mol. The maximum Gasteiger partial charge on any atom is 0.254 e. The molecule has 1 saturated heterocycles. The fourth-order valence-corrected chi connectivity index (χ4v) is 4.53. The van der Waals surface area contributed by atoms with Gasteiger partial charge in [-0.1, -0.05) is 18.2 Å². The van der Waals surface area contributed by atoms with Gasteiger partial charge in [0.1, 0.15) is 6.54 Å². The fourth-order valence-electron chi connectivity index (χ4n) is 4.53. The molecule has 3 aromatic rings. The predicted octanol–water partition coefficient (Wildman–Crippen LogP) is 3.67. The largest absolute Gasteiger partial charge is 0.493 e. The van der Waals surface area contributed by atoms with Crippen LogP contribution in [0.15, 0.2) is 54.6 Å². The Hall–Kier alpha value is -4.14. The second kappa shape index (κ2) is 11.9. The van der Waals surface area contributed by atoms with Crippen molar-refractivity contribution in [3.05, 3.63) is 65.7 Å². The van der Waals surface area contributed by atoms with Crippen LogP contribution >= 0.6 is 0 Å². The number of amides is 2. The minimum atomic E-state index is -0.116. The van der Waals surface area contributed by atoms with Crippen LogP contribution in [-0.2, 0) is 4.79 Å². The molecule has 1 aliphatic rings. The van der Waals surface area contributed by atoms with Crippen molar-refractivity contribution in [1.29, 1.82) is 0 Å². The Balaban J connectivity index is 1.36. The van der Waals surface area contributed by atoms with Gasteiger partial charge in [0, 0.05) is 43.3 Å². The van der Waals surface area contributed by atoms with Crippen molar-refractivity contribution >= 4 is 17.6 Å². The Labute approximate surface area is 224 Å². The number of rotatable bonds is 8. The van der Waals surface area contributed by atoms with E-state index in [0.29, 0.717) is 43.2 Å². The molecule has 9 heteroatoms. The molecule has 2 aromatic carbocycles. The van der Waals surface area contributed by atoms with E-state index >= 15 is 0 Å². The molecule has 1 aromatic heterocycles. The number of methoxy groups -OCH3 is 2. The van der Waals surface area contributed by atoms with Gasteiger partial charge >= 0.3 is 0 Å². The van der Waals surface area contributed by atoms with Crippen molar-refractivity contribution in [3.63, 3.8) is 0 Å². The van der Waals surface area contributed by atoms with Gasteiger partial charge < -0.3 is 24.2 Å². The first-order valence-electron chi connectivity index (χ1n) is 12.8. The molecule has 4 rings (SSSR count). The molecule has 9 nitrogen and oxygen atoms in total. The molecule has 2 heterocycles. The molecular formula is C29H35N5O4. The summed E-state index contributed by atoms with van der Waals surface area (Å²) in [6.45, 7) is 8.25. The van der Waals surface area contributed by atoms with E-state index < -0.39 is 0 Å². The Morgan fingerprint density at radius 1 is 0.921 bits per heavy atom. The van der Waals surface area contributed by atoms with Gasteiger partial charge in [-0.05, 0) is 62.7 Å². The van der Waals surface area contributed by atoms with Crippen molar-refractivity contribution in [3.8, 4) is 22.8 Å². The van der Waals surface area contributed by atoms with Gasteiger partial charge in [-0.15, -0.1) is 10.2 Å². The quantitative estimate of drug-likeness (QED) is 0.451. The summed E-state index contributed by atoms with van der Waals surface area (Å²) in [5, 5.41) is 8.84. The third-order valence-electron chi connectivity index (χ3n) is 6.85. The van der Waals surface area contributed by atoms with E-state index in [1.807, 2.05) is 80.3 Å². The van der Waals surface area contributed by atoms with E-state index in [1.165, 1.54) is 0 Å². The summed E-state index contributed by atoms with van der Waals surface area (Å²) in [6, 6.07) is 16.9. The van der Waals surface area contributed by atoms with Crippen LogP contribution in [0.25, 0.3) is 11.3 Å². The number of ether oxygens (including phenoxy) is 2. The summed E-state index contributed by atoms with van der Waals surface area (Å²) >= 11 is 0. The van der Waals surface area contributed by atoms with Crippen LogP contribution < -0.4 is 14.4 Å². The summed E-state index contributed by atoms with van der Waals surface area (Å²) in [7, 11) is 3.20. The molecule has 1 aliphatic heterocycles. The van der Waals surface area contributed by atoms with Crippen molar-refractivity contribution in [1.82, 2.24) is 20.0 Å².